The highest BCUT2D eigenvalue weighted by Gasteiger charge is 2.13. The monoisotopic (exact) mass is 226 g/mol. The summed E-state index contributed by atoms with van der Waals surface area (Å²) in [4.78, 5) is 0. The number of nitriles is 1. The van der Waals surface area contributed by atoms with Crippen LogP contribution in [0.5, 0.6) is 0 Å². The van der Waals surface area contributed by atoms with E-state index in [1.807, 2.05) is 0 Å². The molecule has 1 aromatic carbocycles. The van der Waals surface area contributed by atoms with E-state index in [1.54, 1.807) is 0 Å². The minimum atomic E-state index is 0.590. The lowest BCUT2D eigenvalue weighted by Gasteiger charge is -2.05. The van der Waals surface area contributed by atoms with Crippen molar-refractivity contribution in [2.24, 2.45) is 7.05 Å². The van der Waals surface area contributed by atoms with Crippen LogP contribution < -0.4 is 0 Å². The van der Waals surface area contributed by atoms with Gasteiger partial charge >= 0.3 is 0 Å². The Morgan fingerprint density at radius 3 is 2.59 bits per heavy atom. The first-order chi connectivity index (χ1) is 8.07. The molecule has 0 aliphatic heterocycles. The summed E-state index contributed by atoms with van der Waals surface area (Å²) < 4.78 is 2.25. The van der Waals surface area contributed by atoms with E-state index in [4.69, 9.17) is 5.26 Å². The van der Waals surface area contributed by atoms with E-state index >= 15 is 0 Å². The van der Waals surface area contributed by atoms with Crippen LogP contribution in [0.15, 0.2) is 12.1 Å². The summed E-state index contributed by atoms with van der Waals surface area (Å²) >= 11 is 0. The van der Waals surface area contributed by atoms with Gasteiger partial charge in [-0.3, -0.25) is 0 Å². The number of benzene rings is 1. The predicted octanol–water partition coefficient (Wildman–Crippen LogP) is 3.56. The number of hydrogen-bond donors (Lipinski definition) is 0. The van der Waals surface area contributed by atoms with E-state index < -0.39 is 0 Å². The van der Waals surface area contributed by atoms with Gasteiger partial charge in [-0.15, -0.1) is 0 Å². The van der Waals surface area contributed by atoms with E-state index in [0.717, 1.165) is 6.42 Å². The minimum absolute atomic E-state index is 0.590. The fourth-order valence-electron chi connectivity index (χ4n) is 2.54. The Labute approximate surface area is 102 Å². The molecule has 0 saturated carbocycles. The molecule has 0 amide bonds. The standard InChI is InChI=1S/C15H18N2/c1-10-7-8-14-13(6-5-9-16)12(3)17(4)15(14)11(10)2/h7-8H,5-6H2,1-4H3. The molecule has 2 rings (SSSR count). The van der Waals surface area contributed by atoms with Gasteiger partial charge in [0.05, 0.1) is 11.6 Å². The third-order valence-corrected chi connectivity index (χ3v) is 3.79. The Kier molecular flexibility index (Phi) is 2.93. The van der Waals surface area contributed by atoms with Gasteiger partial charge in [-0.25, -0.2) is 0 Å². The lowest BCUT2D eigenvalue weighted by atomic mass is 10.0. The lowest BCUT2D eigenvalue weighted by molar-refractivity contribution is 0.885. The number of hydrogen-bond acceptors (Lipinski definition) is 1. The van der Waals surface area contributed by atoms with Crippen molar-refractivity contribution in [1.82, 2.24) is 4.57 Å². The van der Waals surface area contributed by atoms with E-state index in [2.05, 4.69) is 50.6 Å². The number of aryl methyl sites for hydroxylation is 4. The van der Waals surface area contributed by atoms with Crippen LogP contribution in [0, 0.1) is 32.1 Å². The molecule has 2 heteroatoms. The van der Waals surface area contributed by atoms with Crippen LogP contribution in [0.1, 0.15) is 28.8 Å². The Morgan fingerprint density at radius 2 is 1.94 bits per heavy atom. The number of rotatable bonds is 2. The maximum absolute atomic E-state index is 8.74. The fourth-order valence-corrected chi connectivity index (χ4v) is 2.54. The van der Waals surface area contributed by atoms with Gasteiger partial charge in [0.1, 0.15) is 0 Å². The summed E-state index contributed by atoms with van der Waals surface area (Å²) in [6.07, 6.45) is 1.44. The third kappa shape index (κ3) is 1.72. The zero-order valence-electron chi connectivity index (χ0n) is 11.0. The molecule has 0 N–H and O–H groups in total. The highest BCUT2D eigenvalue weighted by atomic mass is 14.9. The highest BCUT2D eigenvalue weighted by Crippen LogP contribution is 2.29. The first kappa shape index (κ1) is 11.7. The maximum atomic E-state index is 8.74. The topological polar surface area (TPSA) is 28.7 Å². The molecule has 88 valence electrons. The Balaban J connectivity index is 2.74. The molecule has 0 unspecified atom stereocenters. The van der Waals surface area contributed by atoms with E-state index in [1.165, 1.54) is 33.3 Å². The molecular formula is C15H18N2. The van der Waals surface area contributed by atoms with Crippen LogP contribution in [-0.4, -0.2) is 4.57 Å². The van der Waals surface area contributed by atoms with E-state index in [9.17, 15) is 0 Å². The first-order valence-corrected chi connectivity index (χ1v) is 5.99. The van der Waals surface area contributed by atoms with Gasteiger partial charge in [-0.1, -0.05) is 12.1 Å². The summed E-state index contributed by atoms with van der Waals surface area (Å²) in [7, 11) is 2.11. The molecule has 0 atom stereocenters. The van der Waals surface area contributed by atoms with Crippen molar-refractivity contribution in [3.63, 3.8) is 0 Å². The van der Waals surface area contributed by atoms with Crippen LogP contribution in [0.4, 0.5) is 0 Å². The van der Waals surface area contributed by atoms with Crippen molar-refractivity contribution < 1.29 is 0 Å². The van der Waals surface area contributed by atoms with Crippen LogP contribution in [0.25, 0.3) is 10.9 Å². The molecule has 0 fully saturated rings. The molecule has 1 aromatic heterocycles. The van der Waals surface area contributed by atoms with Crippen molar-refractivity contribution in [3.8, 4) is 6.07 Å². The molecule has 17 heavy (non-hydrogen) atoms. The summed E-state index contributed by atoms with van der Waals surface area (Å²) in [6, 6.07) is 6.60. The second kappa shape index (κ2) is 4.25. The Morgan fingerprint density at radius 1 is 1.24 bits per heavy atom. The quantitative estimate of drug-likeness (QED) is 0.769. The summed E-state index contributed by atoms with van der Waals surface area (Å²) in [5.41, 5.74) is 6.59. The smallest absolute Gasteiger partial charge is 0.0625 e. The molecule has 0 spiro atoms. The SMILES string of the molecule is Cc1ccc2c(CCC#N)c(C)n(C)c2c1C. The molecule has 2 nitrogen and oxygen atoms in total. The summed E-state index contributed by atoms with van der Waals surface area (Å²) in [5, 5.41) is 10.0. The second-order valence-electron chi connectivity index (χ2n) is 4.68. The van der Waals surface area contributed by atoms with Gasteiger partial charge in [0.25, 0.3) is 0 Å². The molecule has 1 heterocycles. The Bertz CT molecular complexity index is 612. The van der Waals surface area contributed by atoms with Crippen LogP contribution in [0.3, 0.4) is 0 Å². The molecule has 0 aliphatic carbocycles. The highest BCUT2D eigenvalue weighted by molar-refractivity contribution is 5.89. The molecule has 0 saturated heterocycles. The number of fused-ring (bicyclic) bond motifs is 1. The van der Waals surface area contributed by atoms with Crippen molar-refractivity contribution in [1.29, 1.82) is 5.26 Å². The molecule has 0 radical (unpaired) electrons. The molecule has 0 bridgehead atoms. The Hall–Kier alpha value is -1.75. The van der Waals surface area contributed by atoms with Crippen molar-refractivity contribution >= 4 is 10.9 Å². The van der Waals surface area contributed by atoms with Gasteiger partial charge in [0, 0.05) is 24.5 Å². The average Bonchev–Trinajstić information content (AvgIpc) is 2.55. The van der Waals surface area contributed by atoms with Gasteiger partial charge in [-0.05, 0) is 43.9 Å². The van der Waals surface area contributed by atoms with Gasteiger partial charge in [0.15, 0.2) is 0 Å². The van der Waals surface area contributed by atoms with Crippen LogP contribution in [0.2, 0.25) is 0 Å². The van der Waals surface area contributed by atoms with E-state index in [0.29, 0.717) is 6.42 Å². The summed E-state index contributed by atoms with van der Waals surface area (Å²) in [5.74, 6) is 0. The minimum Gasteiger partial charge on any atom is -0.347 e. The largest absolute Gasteiger partial charge is 0.347 e. The van der Waals surface area contributed by atoms with Crippen LogP contribution >= 0.6 is 0 Å². The lowest BCUT2D eigenvalue weighted by Crippen LogP contribution is -1.94. The van der Waals surface area contributed by atoms with Gasteiger partial charge < -0.3 is 4.57 Å². The zero-order chi connectivity index (χ0) is 12.6. The first-order valence-electron chi connectivity index (χ1n) is 5.99. The van der Waals surface area contributed by atoms with Gasteiger partial charge in [0.2, 0.25) is 0 Å². The summed E-state index contributed by atoms with van der Waals surface area (Å²) in [6.45, 7) is 6.46. The van der Waals surface area contributed by atoms with Crippen molar-refractivity contribution in [3.05, 3.63) is 34.5 Å². The third-order valence-electron chi connectivity index (χ3n) is 3.79. The molecule has 2 aromatic rings. The van der Waals surface area contributed by atoms with Crippen LogP contribution in [-0.2, 0) is 13.5 Å². The fraction of sp³-hybridized carbons (Fsp3) is 0.400. The normalized spacial score (nSPS) is 10.8. The zero-order valence-corrected chi connectivity index (χ0v) is 11.0. The maximum Gasteiger partial charge on any atom is 0.0625 e. The predicted molar refractivity (Wildman–Crippen MR) is 71.1 cm³/mol. The molecule has 0 aliphatic rings. The van der Waals surface area contributed by atoms with Gasteiger partial charge in [-0.2, -0.15) is 5.26 Å². The average molecular weight is 226 g/mol. The van der Waals surface area contributed by atoms with Crippen molar-refractivity contribution in [2.75, 3.05) is 0 Å². The number of nitrogens with zero attached hydrogens (tertiary/aromatic N) is 2. The number of aromatic nitrogens is 1. The van der Waals surface area contributed by atoms with E-state index in [-0.39, 0.29) is 0 Å². The second-order valence-corrected chi connectivity index (χ2v) is 4.68. The molecular weight excluding hydrogens is 208 g/mol. The van der Waals surface area contributed by atoms with Crippen molar-refractivity contribution in [2.45, 2.75) is 33.6 Å².